The van der Waals surface area contributed by atoms with E-state index in [0.29, 0.717) is 23.6 Å². The number of hydrogen-bond donors (Lipinski definition) is 1. The molecular weight excluding hydrogens is 222 g/mol. The molecule has 0 aromatic carbocycles. The van der Waals surface area contributed by atoms with Crippen molar-refractivity contribution in [1.29, 1.82) is 0 Å². The van der Waals surface area contributed by atoms with Crippen LogP contribution in [0.1, 0.15) is 19.9 Å². The number of anilines is 1. The van der Waals surface area contributed by atoms with Crippen LogP contribution in [-0.2, 0) is 9.53 Å². The molecule has 2 rings (SSSR count). The number of ether oxygens (including phenoxy) is 1. The van der Waals surface area contributed by atoms with Crippen LogP contribution in [-0.4, -0.2) is 32.1 Å². The topological polar surface area (TPSA) is 95.9 Å². The number of carbonyl (C=O) groups excluding carboxylic acids is 1. The van der Waals surface area contributed by atoms with E-state index in [2.05, 4.69) is 15.0 Å². The van der Waals surface area contributed by atoms with Gasteiger partial charge in [0.1, 0.15) is 17.9 Å². The number of aromatic nitrogens is 4. The minimum Gasteiger partial charge on any atom is -0.464 e. The maximum atomic E-state index is 11.6. The second-order valence-corrected chi connectivity index (χ2v) is 3.51. The van der Waals surface area contributed by atoms with Crippen LogP contribution in [0.15, 0.2) is 12.7 Å². The first kappa shape index (κ1) is 11.3. The average Bonchev–Trinajstić information content (AvgIpc) is 2.73. The summed E-state index contributed by atoms with van der Waals surface area (Å²) in [6.07, 6.45) is 2.85. The third-order valence-corrected chi connectivity index (χ3v) is 2.43. The van der Waals surface area contributed by atoms with Gasteiger partial charge in [0.2, 0.25) is 0 Å². The minimum atomic E-state index is -0.491. The maximum Gasteiger partial charge on any atom is 0.328 e. The molecule has 0 fully saturated rings. The quantitative estimate of drug-likeness (QED) is 0.779. The fourth-order valence-corrected chi connectivity index (χ4v) is 1.53. The molecule has 0 saturated heterocycles. The highest BCUT2D eigenvalue weighted by Crippen LogP contribution is 2.19. The summed E-state index contributed by atoms with van der Waals surface area (Å²) in [5, 5.41) is 0. The predicted octanol–water partition coefficient (Wildman–Crippen LogP) is 0.533. The van der Waals surface area contributed by atoms with Crippen LogP contribution in [0.4, 0.5) is 5.82 Å². The molecule has 0 radical (unpaired) electrons. The van der Waals surface area contributed by atoms with Gasteiger partial charge in [-0.3, -0.25) is 0 Å². The molecule has 1 atom stereocenters. The van der Waals surface area contributed by atoms with E-state index in [4.69, 9.17) is 10.5 Å². The minimum absolute atomic E-state index is 0.296. The molecule has 0 saturated carbocycles. The second kappa shape index (κ2) is 4.36. The summed E-state index contributed by atoms with van der Waals surface area (Å²) in [5.74, 6) is -0.0335. The molecule has 1 unspecified atom stereocenters. The molecule has 0 aliphatic carbocycles. The van der Waals surface area contributed by atoms with Gasteiger partial charge in [-0.25, -0.2) is 19.7 Å². The summed E-state index contributed by atoms with van der Waals surface area (Å²) in [7, 11) is 0. The summed E-state index contributed by atoms with van der Waals surface area (Å²) in [6.45, 7) is 3.82. The van der Waals surface area contributed by atoms with Crippen LogP contribution in [0.5, 0.6) is 0 Å². The van der Waals surface area contributed by atoms with E-state index in [1.807, 2.05) is 0 Å². The molecular formula is C10H13N5O2. The standard InChI is InChI=1S/C10H13N5O2/c1-3-17-10(16)6(2)15-5-14-7-8(11)12-4-13-9(7)15/h4-6H,3H2,1-2H3,(H2,11,12,13). The molecule has 7 nitrogen and oxygen atoms in total. The Balaban J connectivity index is 2.42. The summed E-state index contributed by atoms with van der Waals surface area (Å²) in [4.78, 5) is 23.6. The molecule has 0 spiro atoms. The average molecular weight is 235 g/mol. The molecule has 0 aliphatic rings. The molecule has 2 heterocycles. The van der Waals surface area contributed by atoms with E-state index < -0.39 is 6.04 Å². The van der Waals surface area contributed by atoms with Gasteiger partial charge in [0.25, 0.3) is 0 Å². The van der Waals surface area contributed by atoms with Crippen molar-refractivity contribution in [3.8, 4) is 0 Å². The summed E-state index contributed by atoms with van der Waals surface area (Å²) in [5.41, 5.74) is 6.68. The third kappa shape index (κ3) is 1.91. The molecule has 0 bridgehead atoms. The van der Waals surface area contributed by atoms with Crippen LogP contribution < -0.4 is 5.73 Å². The van der Waals surface area contributed by atoms with Crippen molar-refractivity contribution in [3.63, 3.8) is 0 Å². The first-order valence-corrected chi connectivity index (χ1v) is 5.24. The van der Waals surface area contributed by atoms with Gasteiger partial charge < -0.3 is 15.0 Å². The fraction of sp³-hybridized carbons (Fsp3) is 0.400. The lowest BCUT2D eigenvalue weighted by molar-refractivity contribution is -0.146. The Morgan fingerprint density at radius 2 is 2.29 bits per heavy atom. The van der Waals surface area contributed by atoms with Gasteiger partial charge in [-0.05, 0) is 13.8 Å². The Morgan fingerprint density at radius 1 is 1.53 bits per heavy atom. The van der Waals surface area contributed by atoms with Crippen molar-refractivity contribution in [2.24, 2.45) is 0 Å². The fourth-order valence-electron chi connectivity index (χ4n) is 1.53. The summed E-state index contributed by atoms with van der Waals surface area (Å²) in [6, 6.07) is -0.491. The summed E-state index contributed by atoms with van der Waals surface area (Å²) >= 11 is 0. The largest absolute Gasteiger partial charge is 0.464 e. The third-order valence-electron chi connectivity index (χ3n) is 2.43. The van der Waals surface area contributed by atoms with Gasteiger partial charge >= 0.3 is 5.97 Å². The number of hydrogen-bond acceptors (Lipinski definition) is 6. The lowest BCUT2D eigenvalue weighted by Gasteiger charge is -2.11. The van der Waals surface area contributed by atoms with Gasteiger partial charge in [-0.15, -0.1) is 0 Å². The van der Waals surface area contributed by atoms with Gasteiger partial charge in [0, 0.05) is 0 Å². The highest BCUT2D eigenvalue weighted by Gasteiger charge is 2.19. The van der Waals surface area contributed by atoms with Crippen LogP contribution in [0.2, 0.25) is 0 Å². The highest BCUT2D eigenvalue weighted by atomic mass is 16.5. The Labute approximate surface area is 97.6 Å². The van der Waals surface area contributed by atoms with Gasteiger partial charge in [0.15, 0.2) is 11.5 Å². The second-order valence-electron chi connectivity index (χ2n) is 3.51. The van der Waals surface area contributed by atoms with Crippen molar-refractivity contribution in [2.75, 3.05) is 12.3 Å². The van der Waals surface area contributed by atoms with Crippen molar-refractivity contribution in [2.45, 2.75) is 19.9 Å². The molecule has 2 N–H and O–H groups in total. The molecule has 0 aliphatic heterocycles. The first-order chi connectivity index (χ1) is 8.15. The van der Waals surface area contributed by atoms with E-state index in [1.165, 1.54) is 12.7 Å². The zero-order valence-electron chi connectivity index (χ0n) is 9.62. The lowest BCUT2D eigenvalue weighted by Crippen LogP contribution is -2.18. The number of carbonyl (C=O) groups is 1. The molecule has 90 valence electrons. The number of fused-ring (bicyclic) bond motifs is 1. The van der Waals surface area contributed by atoms with Crippen molar-refractivity contribution >= 4 is 23.0 Å². The van der Waals surface area contributed by atoms with Crippen LogP contribution in [0.25, 0.3) is 11.2 Å². The summed E-state index contributed by atoms with van der Waals surface area (Å²) < 4.78 is 6.56. The zero-order valence-corrected chi connectivity index (χ0v) is 9.62. The predicted molar refractivity (Wildman–Crippen MR) is 61.1 cm³/mol. The Hall–Kier alpha value is -2.18. The first-order valence-electron chi connectivity index (χ1n) is 5.24. The molecule has 7 heteroatoms. The Morgan fingerprint density at radius 3 is 3.00 bits per heavy atom. The number of nitrogens with two attached hydrogens (primary N) is 1. The van der Waals surface area contributed by atoms with Crippen molar-refractivity contribution < 1.29 is 9.53 Å². The number of nitrogen functional groups attached to an aromatic ring is 1. The van der Waals surface area contributed by atoms with Gasteiger partial charge in [-0.1, -0.05) is 0 Å². The Bertz CT molecular complexity index is 551. The smallest absolute Gasteiger partial charge is 0.328 e. The maximum absolute atomic E-state index is 11.6. The van der Waals surface area contributed by atoms with Crippen molar-refractivity contribution in [3.05, 3.63) is 12.7 Å². The lowest BCUT2D eigenvalue weighted by atomic mass is 10.3. The van der Waals surface area contributed by atoms with E-state index in [0.717, 1.165) is 0 Å². The zero-order chi connectivity index (χ0) is 12.4. The van der Waals surface area contributed by atoms with Gasteiger partial charge in [0.05, 0.1) is 12.9 Å². The van der Waals surface area contributed by atoms with Crippen molar-refractivity contribution in [1.82, 2.24) is 19.5 Å². The van der Waals surface area contributed by atoms with Crippen LogP contribution >= 0.6 is 0 Å². The molecule has 2 aromatic heterocycles. The molecule has 17 heavy (non-hydrogen) atoms. The van der Waals surface area contributed by atoms with Gasteiger partial charge in [-0.2, -0.15) is 0 Å². The van der Waals surface area contributed by atoms with Crippen LogP contribution in [0, 0.1) is 0 Å². The van der Waals surface area contributed by atoms with Crippen LogP contribution in [0.3, 0.4) is 0 Å². The van der Waals surface area contributed by atoms with E-state index in [-0.39, 0.29) is 5.97 Å². The SMILES string of the molecule is CCOC(=O)C(C)n1cnc2c(N)ncnc21. The number of imidazole rings is 1. The molecule has 0 amide bonds. The number of rotatable bonds is 3. The monoisotopic (exact) mass is 235 g/mol. The van der Waals surface area contributed by atoms with E-state index in [9.17, 15) is 4.79 Å². The van der Waals surface area contributed by atoms with E-state index >= 15 is 0 Å². The normalized spacial score (nSPS) is 12.6. The number of nitrogens with zero attached hydrogens (tertiary/aromatic N) is 4. The Kier molecular flexibility index (Phi) is 2.90. The van der Waals surface area contributed by atoms with E-state index in [1.54, 1.807) is 18.4 Å². The highest BCUT2D eigenvalue weighted by molar-refractivity contribution is 5.83. The number of esters is 1. The molecule has 2 aromatic rings.